The minimum absolute atomic E-state index is 0.141. The van der Waals surface area contributed by atoms with E-state index < -0.39 is 0 Å². The number of carbonyl (C=O) groups is 2. The molecule has 0 heterocycles. The van der Waals surface area contributed by atoms with Crippen molar-refractivity contribution in [2.45, 2.75) is 25.9 Å². The lowest BCUT2D eigenvalue weighted by molar-refractivity contribution is -0.121. The van der Waals surface area contributed by atoms with Crippen LogP contribution < -0.4 is 15.5 Å². The van der Waals surface area contributed by atoms with E-state index in [1.165, 1.54) is 0 Å². The lowest BCUT2D eigenvalue weighted by Gasteiger charge is -2.08. The number of nitrogens with zero attached hydrogens (tertiary/aromatic N) is 1. The lowest BCUT2D eigenvalue weighted by atomic mass is 10.2. The van der Waals surface area contributed by atoms with E-state index in [-0.39, 0.29) is 24.7 Å². The van der Waals surface area contributed by atoms with E-state index in [0.717, 1.165) is 15.6 Å². The van der Waals surface area contributed by atoms with Crippen molar-refractivity contribution < 1.29 is 14.3 Å². The van der Waals surface area contributed by atoms with Crippen molar-refractivity contribution in [1.29, 1.82) is 0 Å². The second-order valence-electron chi connectivity index (χ2n) is 7.16. The second kappa shape index (κ2) is 12.8. The SMILES string of the molecule is O=C(CCCC(=O)Nc1cccc(Br)c1)N/N=C\c1cccc(OCc2ccccc2Cl)c1. The first-order valence-electron chi connectivity index (χ1n) is 10.3. The monoisotopic (exact) mass is 527 g/mol. The molecule has 33 heavy (non-hydrogen) atoms. The minimum atomic E-state index is -0.257. The van der Waals surface area contributed by atoms with Gasteiger partial charge >= 0.3 is 0 Å². The first-order valence-corrected chi connectivity index (χ1v) is 11.5. The summed E-state index contributed by atoms with van der Waals surface area (Å²) in [4.78, 5) is 24.0. The number of carbonyl (C=O) groups excluding carboxylic acids is 2. The van der Waals surface area contributed by atoms with Gasteiger partial charge in [0.05, 0.1) is 6.21 Å². The molecule has 3 aromatic rings. The Morgan fingerprint density at radius 3 is 2.58 bits per heavy atom. The maximum atomic E-state index is 12.0. The van der Waals surface area contributed by atoms with Gasteiger partial charge in [-0.05, 0) is 48.4 Å². The van der Waals surface area contributed by atoms with Crippen molar-refractivity contribution in [1.82, 2.24) is 5.43 Å². The zero-order valence-corrected chi connectivity index (χ0v) is 20.1. The first kappa shape index (κ1) is 24.5. The molecule has 0 aliphatic rings. The summed E-state index contributed by atoms with van der Waals surface area (Å²) >= 11 is 9.51. The predicted molar refractivity (Wildman–Crippen MR) is 135 cm³/mol. The van der Waals surface area contributed by atoms with Gasteiger partial charge in [-0.3, -0.25) is 9.59 Å². The molecule has 0 saturated heterocycles. The van der Waals surface area contributed by atoms with E-state index in [9.17, 15) is 9.59 Å². The van der Waals surface area contributed by atoms with E-state index in [0.29, 0.717) is 29.5 Å². The fourth-order valence-electron chi connectivity index (χ4n) is 2.90. The number of nitrogens with one attached hydrogen (secondary N) is 2. The summed E-state index contributed by atoms with van der Waals surface area (Å²) in [6.07, 6.45) is 2.41. The van der Waals surface area contributed by atoms with E-state index in [2.05, 4.69) is 31.8 Å². The number of rotatable bonds is 10. The number of halogens is 2. The van der Waals surface area contributed by atoms with E-state index >= 15 is 0 Å². The number of ether oxygens (including phenoxy) is 1. The molecule has 0 aliphatic heterocycles. The van der Waals surface area contributed by atoms with Crippen molar-refractivity contribution in [3.05, 3.63) is 93.4 Å². The Morgan fingerprint density at radius 2 is 1.76 bits per heavy atom. The fourth-order valence-corrected chi connectivity index (χ4v) is 3.48. The normalized spacial score (nSPS) is 10.7. The second-order valence-corrected chi connectivity index (χ2v) is 8.48. The fraction of sp³-hybridized carbons (Fsp3) is 0.160. The Hall–Kier alpha value is -3.16. The highest BCUT2D eigenvalue weighted by molar-refractivity contribution is 9.10. The topological polar surface area (TPSA) is 79.8 Å². The quantitative estimate of drug-likeness (QED) is 0.252. The molecule has 0 radical (unpaired) electrons. The third kappa shape index (κ3) is 8.71. The van der Waals surface area contributed by atoms with Crippen LogP contribution in [-0.2, 0) is 16.2 Å². The first-order chi connectivity index (χ1) is 16.0. The van der Waals surface area contributed by atoms with Gasteiger partial charge in [0, 0.05) is 33.6 Å². The summed E-state index contributed by atoms with van der Waals surface area (Å²) in [7, 11) is 0. The van der Waals surface area contributed by atoms with Crippen molar-refractivity contribution in [2.24, 2.45) is 5.10 Å². The van der Waals surface area contributed by atoms with Crippen LogP contribution in [0.5, 0.6) is 5.75 Å². The molecule has 170 valence electrons. The molecule has 2 amide bonds. The Labute approximate surface area is 206 Å². The van der Waals surface area contributed by atoms with Crippen LogP contribution >= 0.6 is 27.5 Å². The van der Waals surface area contributed by atoms with Crippen LogP contribution in [0, 0.1) is 0 Å². The molecule has 2 N–H and O–H groups in total. The largest absolute Gasteiger partial charge is 0.489 e. The molecule has 0 bridgehead atoms. The Bertz CT molecular complexity index is 1140. The molecule has 0 aromatic heterocycles. The highest BCUT2D eigenvalue weighted by Crippen LogP contribution is 2.19. The summed E-state index contributed by atoms with van der Waals surface area (Å²) < 4.78 is 6.68. The maximum absolute atomic E-state index is 12.0. The standard InChI is InChI=1S/C25H23BrClN3O3/c26-20-8-4-9-21(15-20)29-24(31)12-5-13-25(32)30-28-16-18-6-3-10-22(14-18)33-17-19-7-1-2-11-23(19)27/h1-4,6-11,14-16H,5,12-13,17H2,(H,29,31)(H,30,32)/b28-16-. The number of hydrogen-bond donors (Lipinski definition) is 2. The molecule has 8 heteroatoms. The average molecular weight is 529 g/mol. The molecule has 0 aliphatic carbocycles. The van der Waals surface area contributed by atoms with Gasteiger partial charge in [-0.1, -0.05) is 63.9 Å². The smallest absolute Gasteiger partial charge is 0.240 e. The summed E-state index contributed by atoms with van der Waals surface area (Å²) in [5, 5.41) is 7.44. The Morgan fingerprint density at radius 1 is 0.970 bits per heavy atom. The zero-order valence-electron chi connectivity index (χ0n) is 17.8. The number of hydrogen-bond acceptors (Lipinski definition) is 4. The van der Waals surface area contributed by atoms with E-state index in [1.54, 1.807) is 12.3 Å². The number of amides is 2. The van der Waals surface area contributed by atoms with Crippen molar-refractivity contribution in [3.8, 4) is 5.75 Å². The van der Waals surface area contributed by atoms with Crippen molar-refractivity contribution in [2.75, 3.05) is 5.32 Å². The van der Waals surface area contributed by atoms with Gasteiger partial charge in [0.25, 0.3) is 0 Å². The molecule has 3 rings (SSSR count). The number of benzene rings is 3. The number of hydrazone groups is 1. The van der Waals surface area contributed by atoms with Crippen LogP contribution in [-0.4, -0.2) is 18.0 Å². The van der Waals surface area contributed by atoms with Gasteiger partial charge in [-0.15, -0.1) is 0 Å². The van der Waals surface area contributed by atoms with Crippen LogP contribution in [0.1, 0.15) is 30.4 Å². The molecule has 6 nitrogen and oxygen atoms in total. The molecule has 0 unspecified atom stereocenters. The highest BCUT2D eigenvalue weighted by atomic mass is 79.9. The molecule has 3 aromatic carbocycles. The predicted octanol–water partition coefficient (Wildman–Crippen LogP) is 5.94. The summed E-state index contributed by atoms with van der Waals surface area (Å²) in [6.45, 7) is 0.353. The van der Waals surface area contributed by atoms with Crippen LogP contribution in [0.4, 0.5) is 5.69 Å². The molecular weight excluding hydrogens is 506 g/mol. The average Bonchev–Trinajstić information content (AvgIpc) is 2.79. The number of anilines is 1. The van der Waals surface area contributed by atoms with Crippen LogP contribution in [0.15, 0.2) is 82.4 Å². The van der Waals surface area contributed by atoms with Gasteiger partial charge in [-0.2, -0.15) is 5.10 Å². The van der Waals surface area contributed by atoms with Gasteiger partial charge in [0.15, 0.2) is 0 Å². The van der Waals surface area contributed by atoms with Crippen LogP contribution in [0.25, 0.3) is 0 Å². The van der Waals surface area contributed by atoms with Crippen LogP contribution in [0.2, 0.25) is 5.02 Å². The van der Waals surface area contributed by atoms with Gasteiger partial charge in [0.1, 0.15) is 12.4 Å². The molecule has 0 spiro atoms. The third-order valence-corrected chi connectivity index (χ3v) is 5.39. The summed E-state index contributed by atoms with van der Waals surface area (Å²) in [5.41, 5.74) is 4.87. The molecular formula is C25H23BrClN3O3. The van der Waals surface area contributed by atoms with Crippen LogP contribution in [0.3, 0.4) is 0 Å². The zero-order chi connectivity index (χ0) is 23.5. The van der Waals surface area contributed by atoms with Crippen molar-refractivity contribution in [3.63, 3.8) is 0 Å². The van der Waals surface area contributed by atoms with Crippen molar-refractivity contribution >= 4 is 51.2 Å². The summed E-state index contributed by atoms with van der Waals surface area (Å²) in [6, 6.07) is 22.2. The Balaban J connectivity index is 1.38. The van der Waals surface area contributed by atoms with E-state index in [4.69, 9.17) is 16.3 Å². The molecule has 0 saturated carbocycles. The van der Waals surface area contributed by atoms with Gasteiger partial charge in [0.2, 0.25) is 11.8 Å². The molecule has 0 atom stereocenters. The van der Waals surface area contributed by atoms with Gasteiger partial charge < -0.3 is 10.1 Å². The highest BCUT2D eigenvalue weighted by Gasteiger charge is 2.06. The minimum Gasteiger partial charge on any atom is -0.489 e. The summed E-state index contributed by atoms with van der Waals surface area (Å²) in [5.74, 6) is 0.271. The third-order valence-electron chi connectivity index (χ3n) is 4.53. The van der Waals surface area contributed by atoms with E-state index in [1.807, 2.05) is 66.7 Å². The Kier molecular flexibility index (Phi) is 9.47. The lowest BCUT2D eigenvalue weighted by Crippen LogP contribution is -2.18. The molecule has 0 fully saturated rings. The van der Waals surface area contributed by atoms with Gasteiger partial charge in [-0.25, -0.2) is 5.43 Å². The maximum Gasteiger partial charge on any atom is 0.240 e.